The summed E-state index contributed by atoms with van der Waals surface area (Å²) in [6.45, 7) is 9.95. The van der Waals surface area contributed by atoms with Gasteiger partial charge in [0.05, 0.1) is 6.54 Å². The molecule has 1 amide bonds. The standard InChI is InChI=1S/C15H25N5O/c1-10-12(16)18-14(15(2,3)4)19-13(10)17-9-11(21)20-7-5-6-8-20/h5-9H2,1-4H3,(H3,16,17,18,19). The molecule has 1 aromatic heterocycles. The van der Waals surface area contributed by atoms with Gasteiger partial charge in [-0.2, -0.15) is 0 Å². The van der Waals surface area contributed by atoms with Crippen molar-refractivity contribution < 1.29 is 4.79 Å². The van der Waals surface area contributed by atoms with E-state index in [1.165, 1.54) is 0 Å². The summed E-state index contributed by atoms with van der Waals surface area (Å²) >= 11 is 0. The third-order valence-corrected chi connectivity index (χ3v) is 3.72. The van der Waals surface area contributed by atoms with Gasteiger partial charge in [-0.05, 0) is 19.8 Å². The van der Waals surface area contributed by atoms with E-state index in [9.17, 15) is 4.79 Å². The number of aromatic nitrogens is 2. The molecule has 0 radical (unpaired) electrons. The molecule has 0 saturated carbocycles. The number of carbonyl (C=O) groups is 1. The summed E-state index contributed by atoms with van der Waals surface area (Å²) in [5.41, 5.74) is 6.57. The van der Waals surface area contributed by atoms with Crippen LogP contribution in [0.4, 0.5) is 11.6 Å². The first-order valence-electron chi connectivity index (χ1n) is 7.45. The summed E-state index contributed by atoms with van der Waals surface area (Å²) in [6, 6.07) is 0. The van der Waals surface area contributed by atoms with Crippen molar-refractivity contribution in [2.45, 2.75) is 46.0 Å². The molecule has 0 unspecified atom stereocenters. The molecule has 0 atom stereocenters. The van der Waals surface area contributed by atoms with Gasteiger partial charge in [0.1, 0.15) is 17.5 Å². The highest BCUT2D eigenvalue weighted by atomic mass is 16.2. The number of nitrogen functional groups attached to an aromatic ring is 1. The van der Waals surface area contributed by atoms with E-state index in [-0.39, 0.29) is 17.9 Å². The van der Waals surface area contributed by atoms with Crippen molar-refractivity contribution in [1.29, 1.82) is 0 Å². The second-order valence-corrected chi connectivity index (χ2v) is 6.60. The van der Waals surface area contributed by atoms with Crippen LogP contribution in [-0.4, -0.2) is 40.4 Å². The van der Waals surface area contributed by atoms with E-state index in [4.69, 9.17) is 5.73 Å². The Balaban J connectivity index is 2.11. The van der Waals surface area contributed by atoms with E-state index in [1.807, 2.05) is 32.6 Å². The van der Waals surface area contributed by atoms with Crippen molar-refractivity contribution in [3.05, 3.63) is 11.4 Å². The van der Waals surface area contributed by atoms with Crippen LogP contribution in [0.3, 0.4) is 0 Å². The van der Waals surface area contributed by atoms with E-state index in [0.717, 1.165) is 31.5 Å². The first kappa shape index (κ1) is 15.5. The quantitative estimate of drug-likeness (QED) is 0.885. The van der Waals surface area contributed by atoms with E-state index in [0.29, 0.717) is 17.5 Å². The number of nitrogens with one attached hydrogen (secondary N) is 1. The van der Waals surface area contributed by atoms with Crippen LogP contribution in [0.25, 0.3) is 0 Å². The second kappa shape index (κ2) is 5.87. The molecule has 3 N–H and O–H groups in total. The maximum atomic E-state index is 12.1. The smallest absolute Gasteiger partial charge is 0.241 e. The molecule has 2 rings (SSSR count). The first-order valence-corrected chi connectivity index (χ1v) is 7.45. The number of hydrogen-bond donors (Lipinski definition) is 2. The number of carbonyl (C=O) groups excluding carboxylic acids is 1. The molecule has 1 aliphatic heterocycles. The van der Waals surface area contributed by atoms with Crippen molar-refractivity contribution in [3.63, 3.8) is 0 Å². The molecule has 0 aromatic carbocycles. The fourth-order valence-corrected chi connectivity index (χ4v) is 2.28. The number of anilines is 2. The van der Waals surface area contributed by atoms with E-state index in [1.54, 1.807) is 0 Å². The SMILES string of the molecule is Cc1c(N)nc(C(C)(C)C)nc1NCC(=O)N1CCCC1. The molecule has 1 fully saturated rings. The molecule has 0 bridgehead atoms. The highest BCUT2D eigenvalue weighted by Crippen LogP contribution is 2.24. The molecule has 6 nitrogen and oxygen atoms in total. The van der Waals surface area contributed by atoms with Crippen molar-refractivity contribution in [2.24, 2.45) is 0 Å². The van der Waals surface area contributed by atoms with Gasteiger partial charge in [-0.15, -0.1) is 0 Å². The van der Waals surface area contributed by atoms with Gasteiger partial charge in [0, 0.05) is 24.1 Å². The summed E-state index contributed by atoms with van der Waals surface area (Å²) in [7, 11) is 0. The van der Waals surface area contributed by atoms with Crippen LogP contribution < -0.4 is 11.1 Å². The van der Waals surface area contributed by atoms with Crippen LogP contribution in [0, 0.1) is 6.92 Å². The van der Waals surface area contributed by atoms with Crippen LogP contribution in [0.1, 0.15) is 45.0 Å². The monoisotopic (exact) mass is 291 g/mol. The lowest BCUT2D eigenvalue weighted by Gasteiger charge is -2.20. The maximum Gasteiger partial charge on any atom is 0.241 e. The highest BCUT2D eigenvalue weighted by Gasteiger charge is 2.22. The summed E-state index contributed by atoms with van der Waals surface area (Å²) in [5, 5.41) is 3.12. The van der Waals surface area contributed by atoms with Crippen LogP contribution in [-0.2, 0) is 10.2 Å². The normalized spacial score (nSPS) is 15.3. The lowest BCUT2D eigenvalue weighted by Crippen LogP contribution is -2.33. The number of hydrogen-bond acceptors (Lipinski definition) is 5. The number of amides is 1. The Morgan fingerprint density at radius 1 is 1.29 bits per heavy atom. The zero-order chi connectivity index (χ0) is 15.6. The van der Waals surface area contributed by atoms with Gasteiger partial charge in [0.15, 0.2) is 0 Å². The van der Waals surface area contributed by atoms with Crippen LogP contribution in [0.15, 0.2) is 0 Å². The fraction of sp³-hybridized carbons (Fsp3) is 0.667. The highest BCUT2D eigenvalue weighted by molar-refractivity contribution is 5.81. The Kier molecular flexibility index (Phi) is 4.34. The number of nitrogens with zero attached hydrogens (tertiary/aromatic N) is 3. The molecule has 1 aliphatic rings. The van der Waals surface area contributed by atoms with Crippen molar-refractivity contribution in [1.82, 2.24) is 14.9 Å². The topological polar surface area (TPSA) is 84.1 Å². The molecule has 1 aromatic rings. The predicted molar refractivity (Wildman–Crippen MR) is 84.2 cm³/mol. The number of likely N-dealkylation sites (tertiary alicyclic amines) is 1. The minimum Gasteiger partial charge on any atom is -0.383 e. The molecule has 2 heterocycles. The number of rotatable bonds is 3. The fourth-order valence-electron chi connectivity index (χ4n) is 2.28. The Labute approximate surface area is 126 Å². The van der Waals surface area contributed by atoms with Gasteiger partial charge in [0.25, 0.3) is 0 Å². The summed E-state index contributed by atoms with van der Waals surface area (Å²) in [5.74, 6) is 1.91. The Morgan fingerprint density at radius 2 is 1.90 bits per heavy atom. The van der Waals surface area contributed by atoms with E-state index in [2.05, 4.69) is 15.3 Å². The molecule has 0 aliphatic carbocycles. The lowest BCUT2D eigenvalue weighted by molar-refractivity contribution is -0.128. The van der Waals surface area contributed by atoms with Gasteiger partial charge in [-0.25, -0.2) is 9.97 Å². The first-order chi connectivity index (χ1) is 9.79. The Hall–Kier alpha value is -1.85. The van der Waals surface area contributed by atoms with Gasteiger partial charge in [-0.3, -0.25) is 4.79 Å². The average molecular weight is 291 g/mol. The molecule has 1 saturated heterocycles. The summed E-state index contributed by atoms with van der Waals surface area (Å²) < 4.78 is 0. The average Bonchev–Trinajstić information content (AvgIpc) is 2.92. The zero-order valence-electron chi connectivity index (χ0n) is 13.4. The van der Waals surface area contributed by atoms with Gasteiger partial charge < -0.3 is 16.0 Å². The Morgan fingerprint density at radius 3 is 2.48 bits per heavy atom. The minimum absolute atomic E-state index is 0.112. The van der Waals surface area contributed by atoms with Gasteiger partial charge >= 0.3 is 0 Å². The molecular formula is C15H25N5O. The molecule has 116 valence electrons. The molecular weight excluding hydrogens is 266 g/mol. The van der Waals surface area contributed by atoms with Gasteiger partial charge in [0.2, 0.25) is 5.91 Å². The van der Waals surface area contributed by atoms with Crippen molar-refractivity contribution in [2.75, 3.05) is 30.7 Å². The third-order valence-electron chi connectivity index (χ3n) is 3.72. The van der Waals surface area contributed by atoms with Crippen LogP contribution in [0.5, 0.6) is 0 Å². The second-order valence-electron chi connectivity index (χ2n) is 6.60. The van der Waals surface area contributed by atoms with Crippen LogP contribution >= 0.6 is 0 Å². The zero-order valence-corrected chi connectivity index (χ0v) is 13.4. The number of nitrogens with two attached hydrogens (primary N) is 1. The summed E-state index contributed by atoms with van der Waals surface area (Å²) in [6.07, 6.45) is 2.19. The molecule has 21 heavy (non-hydrogen) atoms. The maximum absolute atomic E-state index is 12.1. The van der Waals surface area contributed by atoms with Crippen molar-refractivity contribution in [3.8, 4) is 0 Å². The van der Waals surface area contributed by atoms with Gasteiger partial charge in [-0.1, -0.05) is 20.8 Å². The minimum atomic E-state index is -0.183. The van der Waals surface area contributed by atoms with E-state index >= 15 is 0 Å². The van der Waals surface area contributed by atoms with Crippen LogP contribution in [0.2, 0.25) is 0 Å². The molecule has 6 heteroatoms. The Bertz CT molecular complexity index is 530. The van der Waals surface area contributed by atoms with Crippen molar-refractivity contribution >= 4 is 17.5 Å². The summed E-state index contributed by atoms with van der Waals surface area (Å²) in [4.78, 5) is 22.8. The molecule has 0 spiro atoms. The van der Waals surface area contributed by atoms with E-state index < -0.39 is 0 Å². The predicted octanol–water partition coefficient (Wildman–Crippen LogP) is 1.70. The lowest BCUT2D eigenvalue weighted by atomic mass is 9.95. The largest absolute Gasteiger partial charge is 0.383 e. The third kappa shape index (κ3) is 3.62.